The molecule has 1 aliphatic heterocycles. The molecule has 1 saturated carbocycles. The SMILES string of the molecule is C=C(C)CN1CCC(NC(=NCC(=O)N(C)C)NC2CCCC2)CC1.I. The Morgan fingerprint density at radius 3 is 2.15 bits per heavy atom. The van der Waals surface area contributed by atoms with E-state index in [9.17, 15) is 4.79 Å². The summed E-state index contributed by atoms with van der Waals surface area (Å²) in [5.74, 6) is 0.837. The van der Waals surface area contributed by atoms with Gasteiger partial charge in [-0.2, -0.15) is 0 Å². The number of rotatable bonds is 6. The number of likely N-dealkylation sites (N-methyl/N-ethyl adjacent to an activating group) is 1. The van der Waals surface area contributed by atoms with Crippen LogP contribution in [-0.4, -0.2) is 74.0 Å². The number of likely N-dealkylation sites (tertiary alicyclic amines) is 1. The van der Waals surface area contributed by atoms with Crippen LogP contribution in [-0.2, 0) is 4.79 Å². The van der Waals surface area contributed by atoms with Gasteiger partial charge in [-0.15, -0.1) is 24.0 Å². The van der Waals surface area contributed by atoms with Crippen molar-refractivity contribution in [3.8, 4) is 0 Å². The zero-order valence-corrected chi connectivity index (χ0v) is 18.9. The van der Waals surface area contributed by atoms with Crippen LogP contribution in [0.3, 0.4) is 0 Å². The number of guanidine groups is 1. The summed E-state index contributed by atoms with van der Waals surface area (Å²) in [5, 5.41) is 7.11. The minimum Gasteiger partial charge on any atom is -0.354 e. The number of aliphatic imine (C=N–C) groups is 1. The van der Waals surface area contributed by atoms with Crippen LogP contribution in [0.2, 0.25) is 0 Å². The molecule has 0 atom stereocenters. The summed E-state index contributed by atoms with van der Waals surface area (Å²) in [6, 6.07) is 0.910. The van der Waals surface area contributed by atoms with Crippen LogP contribution in [0.5, 0.6) is 0 Å². The fourth-order valence-corrected chi connectivity index (χ4v) is 3.50. The second-order valence-corrected chi connectivity index (χ2v) is 7.73. The number of amides is 1. The van der Waals surface area contributed by atoms with Crippen molar-refractivity contribution in [3.05, 3.63) is 12.2 Å². The van der Waals surface area contributed by atoms with Gasteiger partial charge in [0.15, 0.2) is 5.96 Å². The van der Waals surface area contributed by atoms with Crippen LogP contribution >= 0.6 is 24.0 Å². The molecule has 0 aromatic heterocycles. The van der Waals surface area contributed by atoms with E-state index >= 15 is 0 Å². The van der Waals surface area contributed by atoms with Gasteiger partial charge in [0.1, 0.15) is 6.54 Å². The number of halogens is 1. The fraction of sp³-hybridized carbons (Fsp3) is 0.789. The standard InChI is InChI=1S/C19H35N5O.HI/c1-15(2)14-24-11-9-17(10-12-24)22-19(20-13-18(25)23(3)4)21-16-7-5-6-8-16;/h16-17H,1,5-14H2,2-4H3,(H2,20,21,22);1H. The minimum absolute atomic E-state index is 0. The Bertz CT molecular complexity index is 480. The molecule has 6 nitrogen and oxygen atoms in total. The molecule has 7 heteroatoms. The Kier molecular flexibility index (Phi) is 10.5. The highest BCUT2D eigenvalue weighted by Crippen LogP contribution is 2.18. The average Bonchev–Trinajstić information content (AvgIpc) is 3.06. The number of nitrogens with zero attached hydrogens (tertiary/aromatic N) is 3. The molecule has 2 rings (SSSR count). The van der Waals surface area contributed by atoms with Crippen molar-refractivity contribution < 1.29 is 4.79 Å². The van der Waals surface area contributed by atoms with E-state index < -0.39 is 0 Å². The van der Waals surface area contributed by atoms with Crippen molar-refractivity contribution in [3.63, 3.8) is 0 Å². The molecule has 2 fully saturated rings. The van der Waals surface area contributed by atoms with Gasteiger partial charge in [0.25, 0.3) is 0 Å². The van der Waals surface area contributed by atoms with Crippen LogP contribution in [0, 0.1) is 0 Å². The van der Waals surface area contributed by atoms with Crippen LogP contribution in [0.15, 0.2) is 17.1 Å². The summed E-state index contributed by atoms with van der Waals surface area (Å²) < 4.78 is 0. The van der Waals surface area contributed by atoms with Crippen LogP contribution in [0.1, 0.15) is 45.4 Å². The summed E-state index contributed by atoms with van der Waals surface area (Å²) in [5.41, 5.74) is 1.22. The van der Waals surface area contributed by atoms with Gasteiger partial charge in [-0.05, 0) is 32.6 Å². The topological polar surface area (TPSA) is 60.0 Å². The Morgan fingerprint density at radius 2 is 1.65 bits per heavy atom. The van der Waals surface area contributed by atoms with E-state index in [1.54, 1.807) is 19.0 Å². The summed E-state index contributed by atoms with van der Waals surface area (Å²) in [7, 11) is 3.54. The molecule has 1 heterocycles. The smallest absolute Gasteiger partial charge is 0.243 e. The van der Waals surface area contributed by atoms with E-state index in [2.05, 4.69) is 34.0 Å². The van der Waals surface area contributed by atoms with Crippen molar-refractivity contribution >= 4 is 35.8 Å². The molecule has 0 radical (unpaired) electrons. The highest BCUT2D eigenvalue weighted by Gasteiger charge is 2.22. The lowest BCUT2D eigenvalue weighted by atomic mass is 10.0. The van der Waals surface area contributed by atoms with Crippen molar-refractivity contribution in [2.24, 2.45) is 4.99 Å². The van der Waals surface area contributed by atoms with Crippen LogP contribution in [0.4, 0.5) is 0 Å². The lowest BCUT2D eigenvalue weighted by molar-refractivity contribution is -0.127. The van der Waals surface area contributed by atoms with Crippen LogP contribution in [0.25, 0.3) is 0 Å². The van der Waals surface area contributed by atoms with Gasteiger partial charge in [0, 0.05) is 45.8 Å². The normalized spacial score (nSPS) is 19.7. The van der Waals surface area contributed by atoms with Gasteiger partial charge in [0.05, 0.1) is 0 Å². The monoisotopic (exact) mass is 477 g/mol. The van der Waals surface area contributed by atoms with E-state index in [1.165, 1.54) is 31.3 Å². The molecular weight excluding hydrogens is 441 g/mol. The maximum atomic E-state index is 11.9. The Hall–Kier alpha value is -0.830. The van der Waals surface area contributed by atoms with Gasteiger partial charge >= 0.3 is 0 Å². The van der Waals surface area contributed by atoms with Gasteiger partial charge in [-0.25, -0.2) is 4.99 Å². The Morgan fingerprint density at radius 1 is 1.12 bits per heavy atom. The third kappa shape index (κ3) is 8.24. The lowest BCUT2D eigenvalue weighted by Gasteiger charge is -2.33. The maximum absolute atomic E-state index is 11.9. The molecule has 2 aliphatic rings. The number of nitrogens with one attached hydrogen (secondary N) is 2. The van der Waals surface area contributed by atoms with E-state index in [-0.39, 0.29) is 36.4 Å². The summed E-state index contributed by atoms with van der Waals surface area (Å²) in [6.07, 6.45) is 7.14. The van der Waals surface area contributed by atoms with Crippen LogP contribution < -0.4 is 10.6 Å². The lowest BCUT2D eigenvalue weighted by Crippen LogP contribution is -2.51. The molecule has 150 valence electrons. The molecule has 26 heavy (non-hydrogen) atoms. The number of piperidine rings is 1. The number of hydrogen-bond acceptors (Lipinski definition) is 3. The molecular formula is C19H36IN5O. The van der Waals surface area contributed by atoms with E-state index in [4.69, 9.17) is 0 Å². The fourth-order valence-electron chi connectivity index (χ4n) is 3.50. The first-order valence-electron chi connectivity index (χ1n) is 9.58. The Labute approximate surface area is 175 Å². The molecule has 1 aliphatic carbocycles. The molecule has 0 spiro atoms. The summed E-state index contributed by atoms with van der Waals surface area (Å²) >= 11 is 0. The van der Waals surface area contributed by atoms with E-state index in [0.717, 1.165) is 38.4 Å². The number of hydrogen-bond donors (Lipinski definition) is 2. The predicted octanol–water partition coefficient (Wildman–Crippen LogP) is 2.21. The first-order chi connectivity index (χ1) is 11.9. The van der Waals surface area contributed by atoms with Gasteiger partial charge in [0.2, 0.25) is 5.91 Å². The first-order valence-corrected chi connectivity index (χ1v) is 9.58. The largest absolute Gasteiger partial charge is 0.354 e. The molecule has 0 bridgehead atoms. The predicted molar refractivity (Wildman–Crippen MR) is 119 cm³/mol. The Balaban J connectivity index is 0.00000338. The molecule has 1 saturated heterocycles. The highest BCUT2D eigenvalue weighted by atomic mass is 127. The van der Waals surface area contributed by atoms with Crippen molar-refractivity contribution in [2.75, 3.05) is 40.3 Å². The minimum atomic E-state index is 0. The third-order valence-corrected chi connectivity index (χ3v) is 4.99. The molecule has 2 N–H and O–H groups in total. The summed E-state index contributed by atoms with van der Waals surface area (Å²) in [4.78, 5) is 20.5. The third-order valence-electron chi connectivity index (χ3n) is 4.99. The molecule has 0 aromatic rings. The van der Waals surface area contributed by atoms with Crippen molar-refractivity contribution in [2.45, 2.75) is 57.5 Å². The molecule has 0 aromatic carbocycles. The zero-order chi connectivity index (χ0) is 18.2. The first kappa shape index (κ1) is 23.2. The molecule has 1 amide bonds. The second-order valence-electron chi connectivity index (χ2n) is 7.73. The van der Waals surface area contributed by atoms with Crippen molar-refractivity contribution in [1.82, 2.24) is 20.4 Å². The number of carbonyl (C=O) groups is 1. The van der Waals surface area contributed by atoms with Gasteiger partial charge < -0.3 is 15.5 Å². The van der Waals surface area contributed by atoms with E-state index in [1.807, 2.05) is 0 Å². The summed E-state index contributed by atoms with van der Waals surface area (Å²) in [6.45, 7) is 9.44. The number of carbonyl (C=O) groups excluding carboxylic acids is 1. The maximum Gasteiger partial charge on any atom is 0.243 e. The highest BCUT2D eigenvalue weighted by molar-refractivity contribution is 14.0. The van der Waals surface area contributed by atoms with Crippen molar-refractivity contribution in [1.29, 1.82) is 0 Å². The zero-order valence-electron chi connectivity index (χ0n) is 16.6. The molecule has 0 unspecified atom stereocenters. The van der Waals surface area contributed by atoms with Gasteiger partial charge in [-0.1, -0.05) is 25.0 Å². The quantitative estimate of drug-likeness (QED) is 0.267. The van der Waals surface area contributed by atoms with Gasteiger partial charge in [-0.3, -0.25) is 9.69 Å². The second kappa shape index (κ2) is 11.8. The van der Waals surface area contributed by atoms with E-state index in [0.29, 0.717) is 12.1 Å². The average molecular weight is 477 g/mol.